The van der Waals surface area contributed by atoms with E-state index in [9.17, 15) is 4.79 Å². The van der Waals surface area contributed by atoms with Gasteiger partial charge in [-0.3, -0.25) is 0 Å². The van der Waals surface area contributed by atoms with Crippen LogP contribution in [0.3, 0.4) is 0 Å². The molecule has 0 radical (unpaired) electrons. The highest BCUT2D eigenvalue weighted by atomic mass is 28.3. The van der Waals surface area contributed by atoms with Crippen molar-refractivity contribution in [2.24, 2.45) is 0 Å². The Labute approximate surface area is 305 Å². The number of aryl methyl sites for hydroxylation is 2. The van der Waals surface area contributed by atoms with Gasteiger partial charge >= 0.3 is 13.2 Å². The van der Waals surface area contributed by atoms with Crippen LogP contribution in [-0.4, -0.2) is 76.0 Å². The second-order valence-electron chi connectivity index (χ2n) is 17.4. The van der Waals surface area contributed by atoms with Crippen molar-refractivity contribution in [3.05, 3.63) is 75.3 Å². The van der Waals surface area contributed by atoms with Crippen LogP contribution in [0.5, 0.6) is 0 Å². The fourth-order valence-corrected chi connectivity index (χ4v) is 14.2. The number of hydrogen-bond acceptors (Lipinski definition) is 6. The minimum atomic E-state index is -2.17. The molecule has 6 heterocycles. The fraction of sp³-hybridized carbons (Fsp3) is 0.524. The molecule has 0 bridgehead atoms. The molecule has 3 aromatic rings. The smallest absolute Gasteiger partial charge is 0.407 e. The molecular weight excluding hydrogens is 649 g/mol. The molecule has 0 unspecified atom stereocenters. The average Bonchev–Trinajstić information content (AvgIpc) is 3.33. The first-order chi connectivity index (χ1) is 24.4. The zero-order valence-corrected chi connectivity index (χ0v) is 32.7. The van der Waals surface area contributed by atoms with Gasteiger partial charge in [-0.2, -0.15) is 4.79 Å². The molecule has 7 nitrogen and oxygen atoms in total. The van der Waals surface area contributed by atoms with Crippen molar-refractivity contribution in [2.45, 2.75) is 110 Å². The van der Waals surface area contributed by atoms with E-state index in [-0.39, 0.29) is 12.7 Å². The third-order valence-electron chi connectivity index (χ3n) is 13.3. The lowest BCUT2D eigenvalue weighted by molar-refractivity contribution is -0.414. The van der Waals surface area contributed by atoms with Crippen molar-refractivity contribution in [3.8, 4) is 0 Å². The maximum Gasteiger partial charge on any atom is 0.597 e. The van der Waals surface area contributed by atoms with Crippen LogP contribution in [0.2, 0.25) is 13.1 Å². The summed E-state index contributed by atoms with van der Waals surface area (Å²) in [5.41, 5.74) is 13.9. The lowest BCUT2D eigenvalue weighted by atomic mass is 9.79. The summed E-state index contributed by atoms with van der Waals surface area (Å²) < 4.78 is 20.5. The predicted octanol–water partition coefficient (Wildman–Crippen LogP) is 5.34. The summed E-state index contributed by atoms with van der Waals surface area (Å²) in [5.74, 6) is 0. The Hall–Kier alpha value is -3.40. The van der Waals surface area contributed by atoms with Gasteiger partial charge in [-0.15, -0.1) is 4.58 Å². The molecule has 266 valence electrons. The Morgan fingerprint density at radius 1 is 0.784 bits per heavy atom. The van der Waals surface area contributed by atoms with Gasteiger partial charge in [0.25, 0.3) is 0 Å². The molecule has 6 aliphatic rings. The topological polar surface area (TPSA) is 54.2 Å². The zero-order valence-electron chi connectivity index (χ0n) is 31.7. The van der Waals surface area contributed by atoms with E-state index in [1.807, 2.05) is 35.9 Å². The molecule has 1 saturated heterocycles. The van der Waals surface area contributed by atoms with E-state index in [1.165, 1.54) is 59.3 Å². The van der Waals surface area contributed by atoms with E-state index in [0.717, 1.165) is 68.6 Å². The van der Waals surface area contributed by atoms with Crippen LogP contribution in [0.15, 0.2) is 36.4 Å². The van der Waals surface area contributed by atoms with Crippen LogP contribution in [0.4, 0.5) is 16.2 Å². The zero-order chi connectivity index (χ0) is 35.4. The van der Waals surface area contributed by atoms with Crippen molar-refractivity contribution >= 4 is 54.2 Å². The number of anilines is 2. The van der Waals surface area contributed by atoms with Crippen LogP contribution >= 0.6 is 0 Å². The quantitative estimate of drug-likeness (QED) is 0.272. The maximum atomic E-state index is 14.3. The minimum absolute atomic E-state index is 0.203. The molecule has 9 rings (SSSR count). The van der Waals surface area contributed by atoms with E-state index >= 15 is 0 Å². The molecule has 1 fully saturated rings. The summed E-state index contributed by atoms with van der Waals surface area (Å²) in [7, 11) is -0.646. The second-order valence-corrected chi connectivity index (χ2v) is 21.6. The predicted molar refractivity (Wildman–Crippen MR) is 209 cm³/mol. The Morgan fingerprint density at radius 3 is 1.75 bits per heavy atom. The Kier molecular flexibility index (Phi) is 7.74. The van der Waals surface area contributed by atoms with Gasteiger partial charge in [-0.05, 0) is 135 Å². The molecule has 3 aromatic carbocycles. The number of rotatable bonds is 3. The van der Waals surface area contributed by atoms with Crippen molar-refractivity contribution in [3.63, 3.8) is 0 Å². The summed E-state index contributed by atoms with van der Waals surface area (Å²) in [6, 6.07) is 13.1. The van der Waals surface area contributed by atoms with Gasteiger partial charge in [0.1, 0.15) is 21.7 Å². The highest BCUT2D eigenvalue weighted by molar-refractivity contribution is 7.03. The van der Waals surface area contributed by atoms with E-state index < -0.39 is 26.4 Å². The largest absolute Gasteiger partial charge is 0.597 e. The number of ether oxygens (including phenoxy) is 1. The fourth-order valence-electron chi connectivity index (χ4n) is 10.2. The minimum Gasteiger partial charge on any atom is -0.407 e. The van der Waals surface area contributed by atoms with E-state index in [1.54, 1.807) is 21.5 Å². The molecule has 0 saturated carbocycles. The summed E-state index contributed by atoms with van der Waals surface area (Å²) >= 11 is 0. The first kappa shape index (κ1) is 33.4. The molecular formula is C42H53BN3O4Si+. The van der Waals surface area contributed by atoms with Crippen LogP contribution in [-0.2, 0) is 46.3 Å². The highest BCUT2D eigenvalue weighted by Gasteiger charge is 2.52. The van der Waals surface area contributed by atoms with Crippen molar-refractivity contribution in [1.82, 2.24) is 0 Å². The first-order valence-corrected chi connectivity index (χ1v) is 22.5. The molecule has 1 amide bonds. The van der Waals surface area contributed by atoms with Gasteiger partial charge < -0.3 is 23.8 Å². The van der Waals surface area contributed by atoms with Crippen molar-refractivity contribution < 1.29 is 23.4 Å². The number of nitrogens with zero attached hydrogens (tertiary/aromatic N) is 3. The van der Waals surface area contributed by atoms with Crippen LogP contribution in [0, 0.1) is 0 Å². The molecule has 6 aliphatic heterocycles. The van der Waals surface area contributed by atoms with Gasteiger partial charge in [-0.25, -0.2) is 0 Å². The number of carbonyl (C=O) groups excluding carboxylic acids is 1. The van der Waals surface area contributed by atoms with Gasteiger partial charge in [-0.1, -0.05) is 37.4 Å². The molecule has 0 aliphatic carbocycles. The number of benzene rings is 3. The number of hydrogen-bond donors (Lipinski definition) is 0. The summed E-state index contributed by atoms with van der Waals surface area (Å²) in [6.45, 7) is 18.3. The Bertz CT molecular complexity index is 1890. The first-order valence-electron chi connectivity index (χ1n) is 19.5. The number of carbonyl (C=O) groups is 1. The molecule has 9 heteroatoms. The highest BCUT2D eigenvalue weighted by Crippen LogP contribution is 2.42. The third-order valence-corrected chi connectivity index (χ3v) is 16.9. The van der Waals surface area contributed by atoms with Crippen LogP contribution in [0.25, 0.3) is 0 Å². The average molecular weight is 703 g/mol. The second kappa shape index (κ2) is 11.8. The standard InChI is InChI=1S/C42H53BN3O4Si/c1-41(2)42(3,4)50-43(49-41)30-18-16-27(17-19-30)26-48-40(47)44(5)37-33-24-28-12-8-20-45-22-10-14-31(35(28)45)38(33)51(6,7)39-32-15-11-23-46-21-9-13-29(36(32)46)25-34(37)39/h16-19,24-25H,8-15,20-23,26H2,1-7H3/q+1. The Morgan fingerprint density at radius 2 is 1.25 bits per heavy atom. The van der Waals surface area contributed by atoms with Crippen LogP contribution < -0.4 is 25.6 Å². The van der Waals surface area contributed by atoms with E-state index in [0.29, 0.717) is 0 Å². The number of amides is 1. The molecule has 0 spiro atoms. The third kappa shape index (κ3) is 5.12. The summed E-state index contributed by atoms with van der Waals surface area (Å²) in [6.07, 6.45) is 8.94. The summed E-state index contributed by atoms with van der Waals surface area (Å²) in [4.78, 5) is 19.6. The monoisotopic (exact) mass is 702 g/mol. The van der Waals surface area contributed by atoms with E-state index in [2.05, 4.69) is 62.7 Å². The van der Waals surface area contributed by atoms with Crippen LogP contribution in [0.1, 0.15) is 92.3 Å². The Balaban J connectivity index is 1.12. The molecule has 51 heavy (non-hydrogen) atoms. The van der Waals surface area contributed by atoms with E-state index in [4.69, 9.17) is 14.0 Å². The normalized spacial score (nSPS) is 21.8. The number of fused-ring (bicyclic) bond motifs is 4. The lowest BCUT2D eigenvalue weighted by Gasteiger charge is -2.45. The molecule has 0 atom stereocenters. The molecule has 0 N–H and O–H groups in total. The van der Waals surface area contributed by atoms with Gasteiger partial charge in [0.15, 0.2) is 0 Å². The van der Waals surface area contributed by atoms with Crippen molar-refractivity contribution in [2.75, 3.05) is 43.0 Å². The van der Waals surface area contributed by atoms with Gasteiger partial charge in [0.05, 0.1) is 11.2 Å². The van der Waals surface area contributed by atoms with Gasteiger partial charge in [0, 0.05) is 48.7 Å². The SMILES string of the molecule is C[N+](C(=O)OCc1ccc(B2OC(C)(C)C(C)(C)O2)cc1)=C1c2cc3c4c(c2[Si](C)(C)c2c1cc1c5c2CCCN5CCC1)CCCN4CCC3. The van der Waals surface area contributed by atoms with Crippen molar-refractivity contribution in [1.29, 1.82) is 0 Å². The summed E-state index contributed by atoms with van der Waals surface area (Å²) in [5, 5.41) is 3.13. The molecule has 0 aromatic heterocycles. The van der Waals surface area contributed by atoms with Gasteiger partial charge in [0.2, 0.25) is 5.71 Å². The maximum absolute atomic E-state index is 14.3. The lowest BCUT2D eigenvalue weighted by Crippen LogP contribution is -2.64.